The van der Waals surface area contributed by atoms with Gasteiger partial charge in [0, 0.05) is 11.3 Å². The third-order valence-electron chi connectivity index (χ3n) is 3.16. The Morgan fingerprint density at radius 1 is 1.59 bits per heavy atom. The zero-order chi connectivity index (χ0) is 12.3. The summed E-state index contributed by atoms with van der Waals surface area (Å²) in [7, 11) is 0. The molecule has 0 saturated heterocycles. The molecule has 1 aliphatic carbocycles. The summed E-state index contributed by atoms with van der Waals surface area (Å²) in [5, 5.41) is 3.86. The van der Waals surface area contributed by atoms with E-state index in [9.17, 15) is 4.79 Å². The van der Waals surface area contributed by atoms with Gasteiger partial charge in [0.1, 0.15) is 0 Å². The van der Waals surface area contributed by atoms with E-state index in [2.05, 4.69) is 11.6 Å². The first-order chi connectivity index (χ1) is 8.20. The second-order valence-corrected chi connectivity index (χ2v) is 5.78. The number of nitrogens with one attached hydrogen (secondary N) is 1. The molecule has 1 heterocycles. The monoisotopic (exact) mass is 273 g/mol. The van der Waals surface area contributed by atoms with Crippen molar-refractivity contribution < 1.29 is 9.21 Å². The zero-order valence-corrected chi connectivity index (χ0v) is 11.3. The Labute approximate surface area is 110 Å². The van der Waals surface area contributed by atoms with E-state index in [4.69, 9.17) is 16.0 Å². The lowest BCUT2D eigenvalue weighted by molar-refractivity contribution is 0.0928. The van der Waals surface area contributed by atoms with Gasteiger partial charge < -0.3 is 9.73 Å². The number of furan rings is 1. The fourth-order valence-corrected chi connectivity index (χ4v) is 3.24. The molecule has 1 amide bonds. The van der Waals surface area contributed by atoms with Crippen molar-refractivity contribution >= 4 is 29.3 Å². The lowest BCUT2D eigenvalue weighted by Crippen LogP contribution is -2.39. The molecule has 1 N–H and O–H groups in total. The number of hydrogen-bond donors (Lipinski definition) is 1. The highest BCUT2D eigenvalue weighted by molar-refractivity contribution is 7.99. The second-order valence-electron chi connectivity index (χ2n) is 4.30. The van der Waals surface area contributed by atoms with E-state index in [1.807, 2.05) is 11.8 Å². The van der Waals surface area contributed by atoms with Gasteiger partial charge in [-0.25, -0.2) is 0 Å². The minimum absolute atomic E-state index is 0.129. The summed E-state index contributed by atoms with van der Waals surface area (Å²) in [5.41, 5.74) is 0.429. The zero-order valence-electron chi connectivity index (χ0n) is 9.74. The molecule has 1 aliphatic rings. The van der Waals surface area contributed by atoms with Gasteiger partial charge in [-0.3, -0.25) is 4.79 Å². The van der Waals surface area contributed by atoms with Crippen LogP contribution < -0.4 is 5.32 Å². The Balaban J connectivity index is 1.93. The number of halogens is 1. The molecule has 2 atom stereocenters. The lowest BCUT2D eigenvalue weighted by atomic mass is 9.95. The Bertz CT molecular complexity index is 394. The van der Waals surface area contributed by atoms with Crippen molar-refractivity contribution in [2.45, 2.75) is 37.0 Å². The van der Waals surface area contributed by atoms with Gasteiger partial charge >= 0.3 is 0 Å². The smallest absolute Gasteiger partial charge is 0.256 e. The van der Waals surface area contributed by atoms with Gasteiger partial charge in [0.25, 0.3) is 5.91 Å². The largest absolute Gasteiger partial charge is 0.452 e. The highest BCUT2D eigenvalue weighted by Gasteiger charge is 2.24. The molecule has 0 bridgehead atoms. The first-order valence-corrected chi connectivity index (χ1v) is 7.44. The van der Waals surface area contributed by atoms with Gasteiger partial charge in [-0.2, -0.15) is 11.8 Å². The van der Waals surface area contributed by atoms with E-state index in [1.54, 1.807) is 6.07 Å². The normalized spacial score (nSPS) is 24.6. The molecule has 1 saturated carbocycles. The minimum atomic E-state index is -0.129. The summed E-state index contributed by atoms with van der Waals surface area (Å²) in [4.78, 5) is 11.9. The standard InChI is InChI=1S/C12H16ClNO2S/c1-17-9-4-2-3-8(7-9)14-12(15)10-5-6-16-11(10)13/h5-6,8-9H,2-4,7H2,1H3,(H,14,15). The number of carbonyl (C=O) groups excluding carboxylic acids is 1. The van der Waals surface area contributed by atoms with Crippen molar-refractivity contribution in [3.8, 4) is 0 Å². The Kier molecular flexibility index (Phi) is 4.40. The fourth-order valence-electron chi connectivity index (χ4n) is 2.21. The van der Waals surface area contributed by atoms with E-state index in [-0.39, 0.29) is 17.2 Å². The van der Waals surface area contributed by atoms with Gasteiger partial charge in [-0.1, -0.05) is 6.42 Å². The van der Waals surface area contributed by atoms with Crippen LogP contribution >= 0.6 is 23.4 Å². The third kappa shape index (κ3) is 3.19. The molecule has 94 valence electrons. The average molecular weight is 274 g/mol. The van der Waals surface area contributed by atoms with E-state index < -0.39 is 0 Å². The number of amides is 1. The maximum absolute atomic E-state index is 11.9. The van der Waals surface area contributed by atoms with Crippen molar-refractivity contribution in [2.75, 3.05) is 6.26 Å². The number of carbonyl (C=O) groups is 1. The highest BCUT2D eigenvalue weighted by atomic mass is 35.5. The molecule has 2 unspecified atom stereocenters. The number of hydrogen-bond acceptors (Lipinski definition) is 3. The molecule has 5 heteroatoms. The maximum atomic E-state index is 11.9. The number of rotatable bonds is 3. The van der Waals surface area contributed by atoms with E-state index >= 15 is 0 Å². The molecule has 2 rings (SSSR count). The molecule has 0 aromatic carbocycles. The summed E-state index contributed by atoms with van der Waals surface area (Å²) in [6, 6.07) is 1.87. The van der Waals surface area contributed by atoms with Crippen LogP contribution in [0.3, 0.4) is 0 Å². The molecule has 1 aromatic rings. The molecule has 1 aromatic heterocycles. The van der Waals surface area contributed by atoms with E-state index in [0.29, 0.717) is 10.8 Å². The molecule has 3 nitrogen and oxygen atoms in total. The van der Waals surface area contributed by atoms with Gasteiger partial charge in [0.2, 0.25) is 5.22 Å². The predicted octanol–water partition coefficient (Wildman–Crippen LogP) is 3.34. The van der Waals surface area contributed by atoms with Crippen LogP contribution in [0.15, 0.2) is 16.7 Å². The van der Waals surface area contributed by atoms with Crippen LogP contribution in [0.4, 0.5) is 0 Å². The fraction of sp³-hybridized carbons (Fsp3) is 0.583. The van der Waals surface area contributed by atoms with Crippen molar-refractivity contribution in [1.82, 2.24) is 5.32 Å². The summed E-state index contributed by atoms with van der Waals surface area (Å²) >= 11 is 7.66. The summed E-state index contributed by atoms with van der Waals surface area (Å²) in [6.07, 6.45) is 8.08. The summed E-state index contributed by atoms with van der Waals surface area (Å²) in [5.74, 6) is -0.129. The average Bonchev–Trinajstić information content (AvgIpc) is 2.76. The predicted molar refractivity (Wildman–Crippen MR) is 70.7 cm³/mol. The number of thioether (sulfide) groups is 1. The quantitative estimate of drug-likeness (QED) is 0.918. The van der Waals surface area contributed by atoms with Crippen molar-refractivity contribution in [3.63, 3.8) is 0 Å². The Morgan fingerprint density at radius 2 is 2.41 bits per heavy atom. The molecule has 1 fully saturated rings. The van der Waals surface area contributed by atoms with Crippen molar-refractivity contribution in [2.24, 2.45) is 0 Å². The van der Waals surface area contributed by atoms with Crippen molar-refractivity contribution in [1.29, 1.82) is 0 Å². The van der Waals surface area contributed by atoms with Crippen molar-refractivity contribution in [3.05, 3.63) is 23.1 Å². The minimum Gasteiger partial charge on any atom is -0.452 e. The van der Waals surface area contributed by atoms with Crippen LogP contribution in [0, 0.1) is 0 Å². The first-order valence-electron chi connectivity index (χ1n) is 5.77. The van der Waals surface area contributed by atoms with Crippen LogP contribution in [0.1, 0.15) is 36.0 Å². The van der Waals surface area contributed by atoms with Crippen LogP contribution in [-0.2, 0) is 0 Å². The molecule has 17 heavy (non-hydrogen) atoms. The molecule has 0 aliphatic heterocycles. The van der Waals surface area contributed by atoms with Gasteiger partial charge in [-0.05, 0) is 43.2 Å². The van der Waals surface area contributed by atoms with Crippen LogP contribution in [0.25, 0.3) is 0 Å². The maximum Gasteiger partial charge on any atom is 0.256 e. The van der Waals surface area contributed by atoms with Crippen LogP contribution in [0.2, 0.25) is 5.22 Å². The SMILES string of the molecule is CSC1CCCC(NC(=O)c2ccoc2Cl)C1. The van der Waals surface area contributed by atoms with E-state index in [0.717, 1.165) is 12.8 Å². The molecule has 0 spiro atoms. The molecular formula is C12H16ClNO2S. The summed E-state index contributed by atoms with van der Waals surface area (Å²) < 4.78 is 4.92. The highest BCUT2D eigenvalue weighted by Crippen LogP contribution is 2.27. The third-order valence-corrected chi connectivity index (χ3v) is 4.54. The van der Waals surface area contributed by atoms with Gasteiger partial charge in [-0.15, -0.1) is 0 Å². The Morgan fingerprint density at radius 3 is 3.06 bits per heavy atom. The molecule has 0 radical (unpaired) electrons. The first kappa shape index (κ1) is 12.8. The van der Waals surface area contributed by atoms with Gasteiger partial charge in [0.05, 0.1) is 11.8 Å². The Hall–Kier alpha value is -0.610. The molecular weight excluding hydrogens is 258 g/mol. The lowest BCUT2D eigenvalue weighted by Gasteiger charge is -2.28. The van der Waals surface area contributed by atoms with Gasteiger partial charge in [0.15, 0.2) is 0 Å². The topological polar surface area (TPSA) is 42.2 Å². The van der Waals surface area contributed by atoms with Crippen LogP contribution in [-0.4, -0.2) is 23.5 Å². The summed E-state index contributed by atoms with van der Waals surface area (Å²) in [6.45, 7) is 0. The van der Waals surface area contributed by atoms with Crippen LogP contribution in [0.5, 0.6) is 0 Å². The van der Waals surface area contributed by atoms with E-state index in [1.165, 1.54) is 19.1 Å². The second kappa shape index (κ2) is 5.83.